The van der Waals surface area contributed by atoms with Crippen LogP contribution in [0.5, 0.6) is 5.75 Å². The van der Waals surface area contributed by atoms with Gasteiger partial charge in [-0.1, -0.05) is 52.0 Å². The van der Waals surface area contributed by atoms with E-state index in [4.69, 9.17) is 4.74 Å². The number of fused-ring (bicyclic) bond motifs is 1. The summed E-state index contributed by atoms with van der Waals surface area (Å²) in [5.74, 6) is 1.36. The van der Waals surface area contributed by atoms with E-state index in [-0.39, 0.29) is 6.04 Å². The minimum absolute atomic E-state index is 0.209. The molecule has 0 fully saturated rings. The van der Waals surface area contributed by atoms with Crippen LogP contribution in [0.1, 0.15) is 45.6 Å². The lowest BCUT2D eigenvalue weighted by molar-refractivity contribution is 0.256. The zero-order chi connectivity index (χ0) is 18.9. The van der Waals surface area contributed by atoms with Crippen molar-refractivity contribution in [3.05, 3.63) is 54.1 Å². The SMILES string of the molecule is CC(C)CC1COc2ccccc2N1S(=O)(=O)c1ccc(C(C)C)cc1. The summed E-state index contributed by atoms with van der Waals surface area (Å²) in [4.78, 5) is 0.326. The van der Waals surface area contributed by atoms with Crippen LogP contribution in [-0.4, -0.2) is 21.1 Å². The van der Waals surface area contributed by atoms with E-state index in [1.165, 1.54) is 0 Å². The van der Waals surface area contributed by atoms with Crippen LogP contribution in [0, 0.1) is 5.92 Å². The zero-order valence-electron chi connectivity index (χ0n) is 15.8. The van der Waals surface area contributed by atoms with Gasteiger partial charge < -0.3 is 4.74 Å². The highest BCUT2D eigenvalue weighted by Crippen LogP contribution is 2.39. The summed E-state index contributed by atoms with van der Waals surface area (Å²) in [7, 11) is -3.66. The second-order valence-electron chi connectivity index (χ2n) is 7.59. The average molecular weight is 374 g/mol. The van der Waals surface area contributed by atoms with E-state index >= 15 is 0 Å². The van der Waals surface area contributed by atoms with E-state index in [0.29, 0.717) is 34.8 Å². The van der Waals surface area contributed by atoms with Crippen LogP contribution in [0.15, 0.2) is 53.4 Å². The highest BCUT2D eigenvalue weighted by atomic mass is 32.2. The molecule has 0 amide bonds. The molecule has 1 unspecified atom stereocenters. The topological polar surface area (TPSA) is 46.6 Å². The number of rotatable bonds is 5. The number of benzene rings is 2. The first-order valence-electron chi connectivity index (χ1n) is 9.17. The number of sulfonamides is 1. The van der Waals surface area contributed by atoms with Crippen LogP contribution >= 0.6 is 0 Å². The lowest BCUT2D eigenvalue weighted by atomic mass is 10.0. The van der Waals surface area contributed by atoms with Gasteiger partial charge in [-0.05, 0) is 48.1 Å². The van der Waals surface area contributed by atoms with E-state index in [0.717, 1.165) is 12.0 Å². The van der Waals surface area contributed by atoms with Gasteiger partial charge in [-0.3, -0.25) is 4.31 Å². The number of nitrogens with zero attached hydrogens (tertiary/aromatic N) is 1. The molecule has 26 heavy (non-hydrogen) atoms. The molecule has 1 atom stereocenters. The molecule has 1 aliphatic heterocycles. The van der Waals surface area contributed by atoms with Gasteiger partial charge in [0.05, 0.1) is 16.6 Å². The molecule has 0 saturated carbocycles. The summed E-state index contributed by atoms with van der Waals surface area (Å²) < 4.78 is 34.4. The van der Waals surface area contributed by atoms with Crippen molar-refractivity contribution in [1.82, 2.24) is 0 Å². The van der Waals surface area contributed by atoms with Crippen molar-refractivity contribution in [2.45, 2.75) is 51.0 Å². The fraction of sp³-hybridized carbons (Fsp3) is 0.429. The fourth-order valence-corrected chi connectivity index (χ4v) is 5.04. The summed E-state index contributed by atoms with van der Waals surface area (Å²) >= 11 is 0. The zero-order valence-corrected chi connectivity index (χ0v) is 16.7. The second-order valence-corrected chi connectivity index (χ2v) is 9.40. The van der Waals surface area contributed by atoms with Crippen molar-refractivity contribution >= 4 is 15.7 Å². The Morgan fingerprint density at radius 2 is 1.69 bits per heavy atom. The lowest BCUT2D eigenvalue weighted by Crippen LogP contribution is -2.47. The van der Waals surface area contributed by atoms with Crippen LogP contribution in [0.2, 0.25) is 0 Å². The highest BCUT2D eigenvalue weighted by Gasteiger charge is 2.37. The van der Waals surface area contributed by atoms with Crippen LogP contribution < -0.4 is 9.04 Å². The third kappa shape index (κ3) is 3.58. The molecule has 0 saturated heterocycles. The highest BCUT2D eigenvalue weighted by molar-refractivity contribution is 7.92. The van der Waals surface area contributed by atoms with Gasteiger partial charge in [-0.25, -0.2) is 8.42 Å². The molecule has 0 radical (unpaired) electrons. The monoisotopic (exact) mass is 373 g/mol. The Morgan fingerprint density at radius 3 is 2.31 bits per heavy atom. The Bertz CT molecular complexity index is 857. The number of hydrogen-bond acceptors (Lipinski definition) is 3. The Morgan fingerprint density at radius 1 is 1.04 bits per heavy atom. The molecule has 2 aromatic carbocycles. The maximum atomic E-state index is 13.5. The van der Waals surface area contributed by atoms with E-state index in [2.05, 4.69) is 27.7 Å². The van der Waals surface area contributed by atoms with Gasteiger partial charge in [-0.2, -0.15) is 0 Å². The van der Waals surface area contributed by atoms with Crippen molar-refractivity contribution < 1.29 is 13.2 Å². The molecule has 140 valence electrons. The average Bonchev–Trinajstić information content (AvgIpc) is 2.60. The summed E-state index contributed by atoms with van der Waals surface area (Å²) in [6, 6.07) is 14.4. The Kier molecular flexibility index (Phi) is 5.28. The van der Waals surface area contributed by atoms with Crippen LogP contribution in [0.4, 0.5) is 5.69 Å². The van der Waals surface area contributed by atoms with Crippen LogP contribution in [-0.2, 0) is 10.0 Å². The van der Waals surface area contributed by atoms with Crippen molar-refractivity contribution in [3.63, 3.8) is 0 Å². The van der Waals surface area contributed by atoms with Gasteiger partial charge >= 0.3 is 0 Å². The maximum Gasteiger partial charge on any atom is 0.264 e. The van der Waals surface area contributed by atoms with Crippen LogP contribution in [0.3, 0.4) is 0 Å². The Labute approximate surface area is 156 Å². The van der Waals surface area contributed by atoms with Gasteiger partial charge in [0.1, 0.15) is 12.4 Å². The molecule has 4 nitrogen and oxygen atoms in total. The van der Waals surface area contributed by atoms with Crippen molar-refractivity contribution in [2.24, 2.45) is 5.92 Å². The molecule has 0 aromatic heterocycles. The summed E-state index contributed by atoms with van der Waals surface area (Å²) in [6.45, 7) is 8.77. The van der Waals surface area contributed by atoms with Gasteiger partial charge in [-0.15, -0.1) is 0 Å². The van der Waals surface area contributed by atoms with Crippen molar-refractivity contribution in [2.75, 3.05) is 10.9 Å². The molecule has 3 rings (SSSR count). The largest absolute Gasteiger partial charge is 0.489 e. The predicted molar refractivity (Wildman–Crippen MR) is 105 cm³/mol. The minimum atomic E-state index is -3.66. The standard InChI is InChI=1S/C21H27NO3S/c1-15(2)13-18-14-25-21-8-6-5-7-20(21)22(18)26(23,24)19-11-9-17(10-12-19)16(3)4/h5-12,15-16,18H,13-14H2,1-4H3. The van der Waals surface area contributed by atoms with Gasteiger partial charge in [0, 0.05) is 0 Å². The van der Waals surface area contributed by atoms with E-state index in [9.17, 15) is 8.42 Å². The molecule has 1 heterocycles. The van der Waals surface area contributed by atoms with Crippen LogP contribution in [0.25, 0.3) is 0 Å². The first-order valence-corrected chi connectivity index (χ1v) is 10.6. The first kappa shape index (κ1) is 18.8. The molecule has 0 aliphatic carbocycles. The molecular weight excluding hydrogens is 346 g/mol. The Hall–Kier alpha value is -2.01. The van der Waals surface area contributed by atoms with Crippen molar-refractivity contribution in [3.8, 4) is 5.75 Å². The first-order chi connectivity index (χ1) is 12.3. The molecule has 1 aliphatic rings. The maximum absolute atomic E-state index is 13.5. The van der Waals surface area contributed by atoms with Crippen molar-refractivity contribution in [1.29, 1.82) is 0 Å². The van der Waals surface area contributed by atoms with Gasteiger partial charge in [0.2, 0.25) is 0 Å². The Balaban J connectivity index is 2.06. The smallest absolute Gasteiger partial charge is 0.264 e. The molecule has 0 bridgehead atoms. The predicted octanol–water partition coefficient (Wildman–Crippen LogP) is 4.81. The van der Waals surface area contributed by atoms with Gasteiger partial charge in [0.25, 0.3) is 10.0 Å². The third-order valence-corrected chi connectivity index (χ3v) is 6.59. The normalized spacial score (nSPS) is 17.3. The number of anilines is 1. The number of hydrogen-bond donors (Lipinski definition) is 0. The fourth-order valence-electron chi connectivity index (χ4n) is 3.38. The summed E-state index contributed by atoms with van der Waals surface area (Å²) in [6.07, 6.45) is 0.748. The molecular formula is C21H27NO3S. The molecule has 0 spiro atoms. The van der Waals surface area contributed by atoms with E-state index in [1.807, 2.05) is 36.4 Å². The third-order valence-electron chi connectivity index (χ3n) is 4.71. The quantitative estimate of drug-likeness (QED) is 0.755. The molecule has 2 aromatic rings. The summed E-state index contributed by atoms with van der Waals surface area (Å²) in [5, 5.41) is 0. The van der Waals surface area contributed by atoms with E-state index < -0.39 is 10.0 Å². The lowest BCUT2D eigenvalue weighted by Gasteiger charge is -2.38. The minimum Gasteiger partial charge on any atom is -0.489 e. The summed E-state index contributed by atoms with van der Waals surface area (Å²) in [5.41, 5.74) is 1.75. The van der Waals surface area contributed by atoms with E-state index in [1.54, 1.807) is 16.4 Å². The number of para-hydroxylation sites is 2. The second kappa shape index (κ2) is 7.31. The number of ether oxygens (including phenoxy) is 1. The molecule has 0 N–H and O–H groups in total. The van der Waals surface area contributed by atoms with Gasteiger partial charge in [0.15, 0.2) is 0 Å². The molecule has 5 heteroatoms.